The quantitative estimate of drug-likeness (QED) is 0.221. The second-order valence-electron chi connectivity index (χ2n) is 7.42. The molecule has 0 aromatic heterocycles. The molecule has 168 valence electrons. The molecule has 0 amide bonds. The molecule has 2 aromatic carbocycles. The number of carboxylic acid groups (broad SMARTS) is 1. The molecule has 0 bridgehead atoms. The molecule has 0 atom stereocenters. The molecule has 0 radical (unpaired) electrons. The molecule has 0 aliphatic carbocycles. The highest BCUT2D eigenvalue weighted by atomic mass is 35.5. The molecular formula is C24H31ClN2O4. The summed E-state index contributed by atoms with van der Waals surface area (Å²) in [5.74, 6) is -0.341. The zero-order chi connectivity index (χ0) is 22.3. The molecular weight excluding hydrogens is 416 g/mol. The number of aliphatic hydroxyl groups is 1. The number of hydrogen-bond donors (Lipinski definition) is 2. The summed E-state index contributed by atoms with van der Waals surface area (Å²) in [4.78, 5) is 10.9. The van der Waals surface area contributed by atoms with Gasteiger partial charge in [-0.15, -0.1) is 0 Å². The number of hydrogen-bond acceptors (Lipinski definition) is 5. The lowest BCUT2D eigenvalue weighted by Crippen LogP contribution is -1.97. The predicted molar refractivity (Wildman–Crippen MR) is 123 cm³/mol. The molecule has 0 saturated carbocycles. The van der Waals surface area contributed by atoms with Crippen LogP contribution >= 0.6 is 11.6 Å². The summed E-state index contributed by atoms with van der Waals surface area (Å²) in [7, 11) is 0. The number of ether oxygens (including phenoxy) is 1. The first kappa shape index (κ1) is 24.8. The standard InChI is InChI=1S/C24H31ClN2O4/c25-22-18-21(27-26-20-12-10-19(11-13-20)24(29)30)14-15-23(22)31-17-9-7-5-3-1-2-4-6-8-16-28/h10-15,18,28H,1-9,16-17H2,(H,29,30). The third-order valence-corrected chi connectivity index (χ3v) is 5.17. The van der Waals surface area contributed by atoms with Crippen LogP contribution in [-0.2, 0) is 0 Å². The van der Waals surface area contributed by atoms with Crippen LogP contribution in [0.2, 0.25) is 5.02 Å². The molecule has 0 heterocycles. The Morgan fingerprint density at radius 3 is 1.94 bits per heavy atom. The monoisotopic (exact) mass is 446 g/mol. The van der Waals surface area contributed by atoms with E-state index in [0.717, 1.165) is 25.7 Å². The third kappa shape index (κ3) is 9.94. The van der Waals surface area contributed by atoms with Crippen LogP contribution in [-0.4, -0.2) is 29.4 Å². The van der Waals surface area contributed by atoms with Gasteiger partial charge in [-0.3, -0.25) is 0 Å². The van der Waals surface area contributed by atoms with Crippen molar-refractivity contribution in [3.8, 4) is 5.75 Å². The van der Waals surface area contributed by atoms with E-state index in [1.165, 1.54) is 44.2 Å². The van der Waals surface area contributed by atoms with Crippen LogP contribution in [0, 0.1) is 0 Å². The van der Waals surface area contributed by atoms with Crippen LogP contribution in [0.1, 0.15) is 68.1 Å². The van der Waals surface area contributed by atoms with Gasteiger partial charge in [0.25, 0.3) is 0 Å². The normalized spacial score (nSPS) is 11.2. The summed E-state index contributed by atoms with van der Waals surface area (Å²) in [5, 5.41) is 26.4. The average molecular weight is 447 g/mol. The lowest BCUT2D eigenvalue weighted by molar-refractivity contribution is 0.0697. The van der Waals surface area contributed by atoms with Crippen molar-refractivity contribution in [2.75, 3.05) is 13.2 Å². The number of aliphatic hydroxyl groups excluding tert-OH is 1. The van der Waals surface area contributed by atoms with E-state index >= 15 is 0 Å². The third-order valence-electron chi connectivity index (χ3n) is 4.87. The molecule has 2 N–H and O–H groups in total. The number of carbonyl (C=O) groups is 1. The lowest BCUT2D eigenvalue weighted by Gasteiger charge is -2.08. The summed E-state index contributed by atoms with van der Waals surface area (Å²) in [5.41, 5.74) is 1.36. The maximum absolute atomic E-state index is 10.9. The van der Waals surface area contributed by atoms with Gasteiger partial charge in [0.2, 0.25) is 0 Å². The van der Waals surface area contributed by atoms with Gasteiger partial charge in [0, 0.05) is 6.61 Å². The summed E-state index contributed by atoms with van der Waals surface area (Å²) < 4.78 is 5.78. The number of benzene rings is 2. The SMILES string of the molecule is O=C(O)c1ccc(N=Nc2ccc(OCCCCCCCCCCCO)c(Cl)c2)cc1. The molecule has 0 unspecified atom stereocenters. The Kier molecular flexibility index (Phi) is 11.6. The van der Waals surface area contributed by atoms with E-state index in [1.807, 2.05) is 0 Å². The van der Waals surface area contributed by atoms with Crippen LogP contribution in [0.5, 0.6) is 5.75 Å². The van der Waals surface area contributed by atoms with Gasteiger partial charge in [-0.05, 0) is 55.3 Å². The van der Waals surface area contributed by atoms with E-state index in [9.17, 15) is 4.79 Å². The minimum atomic E-state index is -0.976. The first-order valence-electron chi connectivity index (χ1n) is 10.9. The van der Waals surface area contributed by atoms with Crippen LogP contribution in [0.15, 0.2) is 52.7 Å². The van der Waals surface area contributed by atoms with E-state index in [1.54, 1.807) is 30.3 Å². The highest BCUT2D eigenvalue weighted by Crippen LogP contribution is 2.30. The Labute approximate surface area is 188 Å². The molecule has 0 aliphatic rings. The molecule has 7 heteroatoms. The van der Waals surface area contributed by atoms with Crippen molar-refractivity contribution in [2.45, 2.75) is 57.8 Å². The van der Waals surface area contributed by atoms with E-state index in [2.05, 4.69) is 10.2 Å². The van der Waals surface area contributed by atoms with E-state index in [-0.39, 0.29) is 5.56 Å². The van der Waals surface area contributed by atoms with Crippen LogP contribution in [0.3, 0.4) is 0 Å². The highest BCUT2D eigenvalue weighted by Gasteiger charge is 2.04. The Hall–Kier alpha value is -2.44. The fourth-order valence-corrected chi connectivity index (χ4v) is 3.32. The van der Waals surface area contributed by atoms with Crippen molar-refractivity contribution in [3.63, 3.8) is 0 Å². The first-order valence-corrected chi connectivity index (χ1v) is 11.3. The number of aromatic carboxylic acids is 1. The van der Waals surface area contributed by atoms with Gasteiger partial charge in [0.1, 0.15) is 5.75 Å². The second-order valence-corrected chi connectivity index (χ2v) is 7.83. The minimum absolute atomic E-state index is 0.206. The minimum Gasteiger partial charge on any atom is -0.492 e. The molecule has 0 spiro atoms. The Balaban J connectivity index is 1.66. The zero-order valence-electron chi connectivity index (χ0n) is 17.8. The average Bonchev–Trinajstić information content (AvgIpc) is 2.77. The first-order chi connectivity index (χ1) is 15.1. The Morgan fingerprint density at radius 1 is 0.806 bits per heavy atom. The van der Waals surface area contributed by atoms with Gasteiger partial charge in [-0.1, -0.05) is 56.5 Å². The summed E-state index contributed by atoms with van der Waals surface area (Å²) in [6.45, 7) is 0.939. The van der Waals surface area contributed by atoms with Gasteiger partial charge in [-0.25, -0.2) is 4.79 Å². The van der Waals surface area contributed by atoms with Crippen molar-refractivity contribution in [2.24, 2.45) is 10.2 Å². The molecule has 0 aliphatic heterocycles. The summed E-state index contributed by atoms with van der Waals surface area (Å²) in [6.07, 6.45) is 10.4. The molecule has 0 saturated heterocycles. The van der Waals surface area contributed by atoms with E-state index in [4.69, 9.17) is 26.6 Å². The topological polar surface area (TPSA) is 91.5 Å². The van der Waals surface area contributed by atoms with Crippen LogP contribution < -0.4 is 4.74 Å². The highest BCUT2D eigenvalue weighted by molar-refractivity contribution is 6.32. The van der Waals surface area contributed by atoms with Crippen molar-refractivity contribution in [1.82, 2.24) is 0 Å². The number of halogens is 1. The lowest BCUT2D eigenvalue weighted by atomic mass is 10.1. The predicted octanol–water partition coefficient (Wildman–Crippen LogP) is 7.34. The number of nitrogens with zero attached hydrogens (tertiary/aromatic N) is 2. The van der Waals surface area contributed by atoms with E-state index < -0.39 is 5.97 Å². The van der Waals surface area contributed by atoms with Gasteiger partial charge in [-0.2, -0.15) is 10.2 Å². The summed E-state index contributed by atoms with van der Waals surface area (Å²) >= 11 is 6.29. The van der Waals surface area contributed by atoms with Crippen molar-refractivity contribution in [1.29, 1.82) is 0 Å². The smallest absolute Gasteiger partial charge is 0.335 e. The van der Waals surface area contributed by atoms with Gasteiger partial charge >= 0.3 is 5.97 Å². The van der Waals surface area contributed by atoms with Crippen LogP contribution in [0.25, 0.3) is 0 Å². The Bertz CT molecular complexity index is 825. The van der Waals surface area contributed by atoms with Gasteiger partial charge in [0.05, 0.1) is 28.6 Å². The largest absolute Gasteiger partial charge is 0.492 e. The van der Waals surface area contributed by atoms with Crippen LogP contribution in [0.4, 0.5) is 11.4 Å². The molecule has 0 fully saturated rings. The molecule has 2 rings (SSSR count). The van der Waals surface area contributed by atoms with Crippen molar-refractivity contribution >= 4 is 28.9 Å². The number of carboxylic acids is 1. The number of unbranched alkanes of at least 4 members (excludes halogenated alkanes) is 8. The van der Waals surface area contributed by atoms with Gasteiger partial charge < -0.3 is 14.9 Å². The molecule has 6 nitrogen and oxygen atoms in total. The van der Waals surface area contributed by atoms with Crippen molar-refractivity contribution in [3.05, 3.63) is 53.1 Å². The second kappa shape index (κ2) is 14.5. The summed E-state index contributed by atoms with van der Waals surface area (Å²) in [6, 6.07) is 11.4. The van der Waals surface area contributed by atoms with Gasteiger partial charge in [0.15, 0.2) is 0 Å². The maximum atomic E-state index is 10.9. The fraction of sp³-hybridized carbons (Fsp3) is 0.458. The molecule has 2 aromatic rings. The molecule has 31 heavy (non-hydrogen) atoms. The fourth-order valence-electron chi connectivity index (χ4n) is 3.09. The zero-order valence-corrected chi connectivity index (χ0v) is 18.6. The number of azo groups is 1. The maximum Gasteiger partial charge on any atom is 0.335 e. The van der Waals surface area contributed by atoms with E-state index in [0.29, 0.717) is 35.4 Å². The van der Waals surface area contributed by atoms with Crippen molar-refractivity contribution < 1.29 is 19.7 Å². The number of rotatable bonds is 15. The Morgan fingerprint density at radius 2 is 1.35 bits per heavy atom.